The van der Waals surface area contributed by atoms with E-state index in [4.69, 9.17) is 9.72 Å². The molecule has 1 aliphatic heterocycles. The number of ether oxygens (including phenoxy) is 1. The Morgan fingerprint density at radius 2 is 1.88 bits per heavy atom. The minimum atomic E-state index is -0.220. The summed E-state index contributed by atoms with van der Waals surface area (Å²) in [7, 11) is 1.73. The molecule has 0 N–H and O–H groups in total. The van der Waals surface area contributed by atoms with Crippen molar-refractivity contribution in [2.45, 2.75) is 31.2 Å². The number of nitrogens with zero attached hydrogens (tertiary/aromatic N) is 3. The Hall–Kier alpha value is -3.18. The number of hydrogen-bond acceptors (Lipinski definition) is 3. The molecule has 3 heterocycles. The van der Waals surface area contributed by atoms with E-state index in [0.29, 0.717) is 5.92 Å². The van der Waals surface area contributed by atoms with Crippen LogP contribution in [0.5, 0.6) is 5.75 Å². The second-order valence-electron chi connectivity index (χ2n) is 9.77. The molecule has 0 saturated carbocycles. The summed E-state index contributed by atoms with van der Waals surface area (Å²) in [4.78, 5) is 7.20. The van der Waals surface area contributed by atoms with Gasteiger partial charge in [-0.05, 0) is 65.3 Å². The average molecular weight is 456 g/mol. The van der Waals surface area contributed by atoms with Gasteiger partial charge in [-0.2, -0.15) is 0 Å². The predicted molar refractivity (Wildman–Crippen MR) is 132 cm³/mol. The Kier molecular flexibility index (Phi) is 5.58. The highest BCUT2D eigenvalue weighted by Crippen LogP contribution is 2.47. The van der Waals surface area contributed by atoms with Gasteiger partial charge < -0.3 is 9.14 Å². The summed E-state index contributed by atoms with van der Waals surface area (Å²) in [6.45, 7) is 2.22. The van der Waals surface area contributed by atoms with Gasteiger partial charge in [0.1, 0.15) is 11.4 Å². The topological polar surface area (TPSA) is 29.8 Å². The monoisotopic (exact) mass is 455 g/mol. The van der Waals surface area contributed by atoms with Crippen molar-refractivity contribution in [2.24, 2.45) is 5.92 Å². The van der Waals surface area contributed by atoms with Gasteiger partial charge in [0.15, 0.2) is 0 Å². The summed E-state index contributed by atoms with van der Waals surface area (Å²) >= 11 is 0. The van der Waals surface area contributed by atoms with Crippen LogP contribution in [0.25, 0.3) is 5.65 Å². The average Bonchev–Trinajstić information content (AvgIpc) is 3.27. The lowest BCUT2D eigenvalue weighted by atomic mass is 9.69. The molecule has 0 spiro atoms. The highest BCUT2D eigenvalue weighted by atomic mass is 19.1. The number of halogens is 1. The molecule has 2 aliphatic rings. The lowest BCUT2D eigenvalue weighted by Crippen LogP contribution is -2.46. The number of aromatic nitrogens is 2. The second kappa shape index (κ2) is 8.88. The zero-order valence-corrected chi connectivity index (χ0v) is 19.5. The number of benzene rings is 2. The van der Waals surface area contributed by atoms with Crippen molar-refractivity contribution < 1.29 is 9.13 Å². The van der Waals surface area contributed by atoms with E-state index in [0.717, 1.165) is 49.6 Å². The molecule has 2 aromatic heterocycles. The number of rotatable bonds is 6. The van der Waals surface area contributed by atoms with Crippen molar-refractivity contribution in [3.8, 4) is 5.75 Å². The van der Waals surface area contributed by atoms with E-state index in [1.54, 1.807) is 7.11 Å². The lowest BCUT2D eigenvalue weighted by Gasteiger charge is -2.37. The number of methoxy groups -OCH3 is 1. The molecule has 1 aliphatic carbocycles. The third-order valence-electron chi connectivity index (χ3n) is 7.57. The van der Waals surface area contributed by atoms with E-state index in [2.05, 4.69) is 82.4 Å². The van der Waals surface area contributed by atoms with Crippen LogP contribution in [-0.2, 0) is 13.0 Å². The Bertz CT molecular complexity index is 1300. The maximum absolute atomic E-state index is 12.8. The first-order valence-electron chi connectivity index (χ1n) is 12.2. The summed E-state index contributed by atoms with van der Waals surface area (Å²) in [6.07, 6.45) is 6.40. The number of likely N-dealkylation sites (tertiary alicyclic amines) is 1. The molecule has 2 atom stereocenters. The Balaban J connectivity index is 1.37. The molecule has 1 saturated heterocycles. The molecule has 0 radical (unpaired) electrons. The van der Waals surface area contributed by atoms with E-state index in [1.807, 2.05) is 0 Å². The fourth-order valence-corrected chi connectivity index (χ4v) is 5.85. The van der Waals surface area contributed by atoms with Gasteiger partial charge in [0.2, 0.25) is 0 Å². The zero-order valence-electron chi connectivity index (χ0n) is 19.5. The lowest BCUT2D eigenvalue weighted by molar-refractivity contribution is 0.0727. The van der Waals surface area contributed by atoms with Crippen LogP contribution in [-0.4, -0.2) is 41.2 Å². The van der Waals surface area contributed by atoms with Gasteiger partial charge in [0.05, 0.1) is 19.5 Å². The number of pyridine rings is 1. The molecule has 6 rings (SSSR count). The number of hydrogen-bond donors (Lipinski definition) is 0. The Morgan fingerprint density at radius 3 is 2.68 bits per heavy atom. The summed E-state index contributed by atoms with van der Waals surface area (Å²) in [6, 6.07) is 21.9. The van der Waals surface area contributed by atoms with Crippen molar-refractivity contribution in [1.29, 1.82) is 0 Å². The van der Waals surface area contributed by atoms with Gasteiger partial charge in [0.25, 0.3) is 0 Å². The van der Waals surface area contributed by atoms with Gasteiger partial charge in [-0.15, -0.1) is 0 Å². The van der Waals surface area contributed by atoms with E-state index in [-0.39, 0.29) is 18.5 Å². The van der Waals surface area contributed by atoms with Crippen molar-refractivity contribution >= 4 is 5.65 Å². The number of aryl methyl sites for hydroxylation is 1. The van der Waals surface area contributed by atoms with E-state index in [1.165, 1.54) is 22.3 Å². The number of imidazole rings is 1. The zero-order chi connectivity index (χ0) is 23.1. The van der Waals surface area contributed by atoms with Gasteiger partial charge in [-0.25, -0.2) is 4.98 Å². The highest BCUT2D eigenvalue weighted by Gasteiger charge is 2.32. The second-order valence-corrected chi connectivity index (χ2v) is 9.77. The quantitative estimate of drug-likeness (QED) is 0.379. The first kappa shape index (κ1) is 21.4. The van der Waals surface area contributed by atoms with Gasteiger partial charge >= 0.3 is 0 Å². The summed E-state index contributed by atoms with van der Waals surface area (Å²) in [5.41, 5.74) is 7.46. The molecule has 0 bridgehead atoms. The number of fused-ring (bicyclic) bond motifs is 2. The van der Waals surface area contributed by atoms with Crippen LogP contribution in [0.15, 0.2) is 73.1 Å². The molecular formula is C29H30FN3O. The first-order chi connectivity index (χ1) is 16.7. The van der Waals surface area contributed by atoms with Crippen LogP contribution in [0.4, 0.5) is 4.39 Å². The van der Waals surface area contributed by atoms with Crippen molar-refractivity contribution in [1.82, 2.24) is 14.3 Å². The minimum Gasteiger partial charge on any atom is -0.497 e. The maximum atomic E-state index is 12.8. The van der Waals surface area contributed by atoms with Crippen molar-refractivity contribution in [2.75, 3.05) is 26.9 Å². The van der Waals surface area contributed by atoms with Crippen LogP contribution >= 0.6 is 0 Å². The van der Waals surface area contributed by atoms with Gasteiger partial charge in [-0.1, -0.05) is 36.4 Å². The fourth-order valence-electron chi connectivity index (χ4n) is 5.85. The molecule has 5 heteroatoms. The predicted octanol–water partition coefficient (Wildman–Crippen LogP) is 5.61. The molecule has 34 heavy (non-hydrogen) atoms. The minimum absolute atomic E-state index is 0.198. The first-order valence-corrected chi connectivity index (χ1v) is 12.2. The third kappa shape index (κ3) is 3.88. The van der Waals surface area contributed by atoms with Crippen LogP contribution < -0.4 is 4.74 Å². The Morgan fingerprint density at radius 1 is 1.03 bits per heavy atom. The van der Waals surface area contributed by atoms with Crippen molar-refractivity contribution in [3.63, 3.8) is 0 Å². The van der Waals surface area contributed by atoms with Gasteiger partial charge in [-0.3, -0.25) is 9.29 Å². The summed E-state index contributed by atoms with van der Waals surface area (Å²) in [5, 5.41) is 0. The molecular weight excluding hydrogens is 425 g/mol. The van der Waals surface area contributed by atoms with Crippen molar-refractivity contribution in [3.05, 3.63) is 101 Å². The maximum Gasteiger partial charge on any atom is 0.137 e. The molecule has 2 unspecified atom stereocenters. The molecule has 4 aromatic rings. The number of alkyl halides is 1. The van der Waals surface area contributed by atoms with Crippen LogP contribution in [0.3, 0.4) is 0 Å². The molecule has 1 fully saturated rings. The normalized spacial score (nSPS) is 20.8. The Labute approximate surface area is 200 Å². The largest absolute Gasteiger partial charge is 0.497 e. The fraction of sp³-hybridized carbons (Fsp3) is 0.345. The summed E-state index contributed by atoms with van der Waals surface area (Å²) < 4.78 is 20.4. The molecule has 174 valence electrons. The van der Waals surface area contributed by atoms with Crippen LogP contribution in [0, 0.1) is 5.92 Å². The highest BCUT2D eigenvalue weighted by molar-refractivity contribution is 5.51. The van der Waals surface area contributed by atoms with Gasteiger partial charge in [0, 0.05) is 43.9 Å². The molecule has 0 amide bonds. The van der Waals surface area contributed by atoms with Crippen LogP contribution in [0.2, 0.25) is 0 Å². The molecule has 2 aromatic carbocycles. The standard InChI is InChI=1S/C29H30FN3O/c1-34-25-8-10-27-22(13-25)7-9-26(21-5-3-2-4-6-21)29(27)23-11-12-33-19-24(31-28(33)14-23)18-32-16-20(15-30)17-32/h2-6,8,10-14,19-20,26,29H,7,9,15-18H2,1H3. The SMILES string of the molecule is COc1ccc2c(c1)CCC(c1ccccc1)C2c1ccn2cc(CN3CC(CF)C3)nc2c1. The third-order valence-corrected chi connectivity index (χ3v) is 7.57. The molecule has 4 nitrogen and oxygen atoms in total. The van der Waals surface area contributed by atoms with Crippen LogP contribution in [0.1, 0.15) is 46.2 Å². The summed E-state index contributed by atoms with van der Waals surface area (Å²) in [5.74, 6) is 1.80. The van der Waals surface area contributed by atoms with E-state index >= 15 is 0 Å². The smallest absolute Gasteiger partial charge is 0.137 e. The van der Waals surface area contributed by atoms with E-state index < -0.39 is 0 Å². The van der Waals surface area contributed by atoms with E-state index in [9.17, 15) is 4.39 Å².